The summed E-state index contributed by atoms with van der Waals surface area (Å²) in [5.74, 6) is 6.45. The number of rotatable bonds is 8. The number of nitrogens with two attached hydrogens (primary N) is 1. The first-order chi connectivity index (χ1) is 18.4. The quantitative estimate of drug-likeness (QED) is 0.346. The molecule has 1 aliphatic heterocycles. The zero-order chi connectivity index (χ0) is 27.0. The largest absolute Gasteiger partial charge is 0.494 e. The first kappa shape index (κ1) is 25.4. The van der Waals surface area contributed by atoms with Crippen LogP contribution < -0.4 is 15.8 Å². The lowest BCUT2D eigenvalue weighted by Crippen LogP contribution is -2.37. The van der Waals surface area contributed by atoms with Crippen molar-refractivity contribution in [3.05, 3.63) is 47.9 Å². The number of aromatic nitrogens is 4. The van der Waals surface area contributed by atoms with E-state index in [9.17, 15) is 9.59 Å². The number of hydrogen-bond donors (Lipinski definition) is 2. The average molecular weight is 518 g/mol. The van der Waals surface area contributed by atoms with Crippen LogP contribution in [0.1, 0.15) is 53.0 Å². The van der Waals surface area contributed by atoms with Gasteiger partial charge in [0.1, 0.15) is 22.6 Å². The van der Waals surface area contributed by atoms with Gasteiger partial charge in [-0.3, -0.25) is 9.59 Å². The van der Waals surface area contributed by atoms with E-state index in [1.54, 1.807) is 30.8 Å². The first-order valence-corrected chi connectivity index (χ1v) is 12.5. The summed E-state index contributed by atoms with van der Waals surface area (Å²) >= 11 is 0. The molecule has 198 valence electrons. The molecule has 1 aromatic carbocycles. The normalized spacial score (nSPS) is 18.8. The Morgan fingerprint density at radius 3 is 2.68 bits per heavy atom. The van der Waals surface area contributed by atoms with Gasteiger partial charge >= 0.3 is 0 Å². The number of carbonyl (C=O) groups excluding carboxylic acids is 2. The van der Waals surface area contributed by atoms with E-state index < -0.39 is 5.91 Å². The van der Waals surface area contributed by atoms with Crippen molar-refractivity contribution in [3.8, 4) is 17.6 Å². The SMILES string of the molecule is C=CC(=O)N1CC(n2nc(C#Cc3cc(OC)c4c(c3)ncn4C3CC3)c(C(N)=O)c2NC)C[C@@H]1COC. The van der Waals surface area contributed by atoms with E-state index in [0.717, 1.165) is 23.9 Å². The van der Waals surface area contributed by atoms with Gasteiger partial charge in [-0.15, -0.1) is 0 Å². The highest BCUT2D eigenvalue weighted by Gasteiger charge is 2.38. The zero-order valence-electron chi connectivity index (χ0n) is 21.7. The Hall–Kier alpha value is -4.30. The molecule has 0 radical (unpaired) electrons. The van der Waals surface area contributed by atoms with E-state index in [2.05, 4.69) is 38.4 Å². The molecule has 3 heterocycles. The molecule has 1 unspecified atom stereocenters. The number of primary amides is 1. The molecule has 2 fully saturated rings. The molecule has 3 aromatic rings. The lowest BCUT2D eigenvalue weighted by molar-refractivity contribution is -0.127. The van der Waals surface area contributed by atoms with Crippen LogP contribution in [0.4, 0.5) is 5.82 Å². The highest BCUT2D eigenvalue weighted by atomic mass is 16.5. The summed E-state index contributed by atoms with van der Waals surface area (Å²) in [5, 5.41) is 7.73. The summed E-state index contributed by atoms with van der Waals surface area (Å²) in [6, 6.07) is 3.86. The molecule has 11 heteroatoms. The van der Waals surface area contributed by atoms with Crippen LogP contribution >= 0.6 is 0 Å². The maximum absolute atomic E-state index is 12.5. The molecule has 3 N–H and O–H groups in total. The van der Waals surface area contributed by atoms with E-state index >= 15 is 0 Å². The predicted octanol–water partition coefficient (Wildman–Crippen LogP) is 2.09. The van der Waals surface area contributed by atoms with E-state index in [1.165, 1.54) is 6.08 Å². The molecule has 5 rings (SSSR count). The number of ether oxygens (including phenoxy) is 2. The van der Waals surface area contributed by atoms with Crippen LogP contribution in [-0.2, 0) is 9.53 Å². The summed E-state index contributed by atoms with van der Waals surface area (Å²) in [5.41, 5.74) is 8.64. The van der Waals surface area contributed by atoms with Crippen molar-refractivity contribution in [1.29, 1.82) is 0 Å². The minimum Gasteiger partial charge on any atom is -0.494 e. The minimum absolute atomic E-state index is 0.148. The van der Waals surface area contributed by atoms with Gasteiger partial charge < -0.3 is 30.0 Å². The van der Waals surface area contributed by atoms with Crippen molar-refractivity contribution in [2.45, 2.75) is 37.4 Å². The average Bonchev–Trinajstić information content (AvgIpc) is 3.36. The summed E-state index contributed by atoms with van der Waals surface area (Å²) in [4.78, 5) is 31.2. The molecule has 11 nitrogen and oxygen atoms in total. The molecule has 1 saturated heterocycles. The number of likely N-dealkylation sites (tertiary alicyclic amines) is 1. The maximum Gasteiger partial charge on any atom is 0.255 e. The second-order valence-electron chi connectivity index (χ2n) is 9.50. The van der Waals surface area contributed by atoms with Gasteiger partial charge in [-0.1, -0.05) is 12.5 Å². The zero-order valence-corrected chi connectivity index (χ0v) is 21.7. The smallest absolute Gasteiger partial charge is 0.255 e. The standard InChI is InChI=1S/C27H31N7O4/c1-5-23(35)32-13-18(12-19(32)14-37-3)34-27(29-2)24(26(28)36)20(31-34)9-6-16-10-21-25(22(11-16)38-4)33(15-30-21)17-7-8-17/h5,10-11,15,17-19,29H,1,7-8,12-14H2,2-4H3,(H2,28,36)/t18?,19-/m1/s1. The third-order valence-corrected chi connectivity index (χ3v) is 7.07. The van der Waals surface area contributed by atoms with Gasteiger partial charge in [-0.05, 0) is 43.4 Å². The molecule has 2 aliphatic rings. The lowest BCUT2D eigenvalue weighted by atomic mass is 10.1. The molecule has 0 spiro atoms. The number of hydrogen-bond acceptors (Lipinski definition) is 7. The van der Waals surface area contributed by atoms with Gasteiger partial charge in [-0.2, -0.15) is 5.10 Å². The van der Waals surface area contributed by atoms with Crippen LogP contribution in [0.15, 0.2) is 31.1 Å². The van der Waals surface area contributed by atoms with Crippen LogP contribution in [0.25, 0.3) is 11.0 Å². The maximum atomic E-state index is 12.5. The van der Waals surface area contributed by atoms with Gasteiger partial charge in [-0.25, -0.2) is 9.67 Å². The first-order valence-electron chi connectivity index (χ1n) is 12.5. The van der Waals surface area contributed by atoms with Crippen molar-refractivity contribution >= 4 is 28.7 Å². The third kappa shape index (κ3) is 4.48. The van der Waals surface area contributed by atoms with Crippen LogP contribution in [-0.4, -0.2) is 76.5 Å². The second kappa shape index (κ2) is 10.2. The number of anilines is 1. The molecular formula is C27H31N7O4. The molecule has 1 saturated carbocycles. The Kier molecular flexibility index (Phi) is 6.82. The Morgan fingerprint density at radius 1 is 1.26 bits per heavy atom. The number of nitrogens with zero attached hydrogens (tertiary/aromatic N) is 5. The fourth-order valence-corrected chi connectivity index (χ4v) is 5.19. The summed E-state index contributed by atoms with van der Waals surface area (Å²) in [6.07, 6.45) is 5.99. The Labute approximate surface area is 220 Å². The van der Waals surface area contributed by atoms with Crippen molar-refractivity contribution in [2.24, 2.45) is 5.73 Å². The number of fused-ring (bicyclic) bond motifs is 1. The highest BCUT2D eigenvalue weighted by Crippen LogP contribution is 2.40. The van der Waals surface area contributed by atoms with Crippen molar-refractivity contribution < 1.29 is 19.1 Å². The lowest BCUT2D eigenvalue weighted by Gasteiger charge is -2.22. The van der Waals surface area contributed by atoms with Gasteiger partial charge in [0.15, 0.2) is 5.69 Å². The molecule has 1 aliphatic carbocycles. The second-order valence-corrected chi connectivity index (χ2v) is 9.50. The Balaban J connectivity index is 1.52. The van der Waals surface area contributed by atoms with Crippen molar-refractivity contribution in [1.82, 2.24) is 24.2 Å². The predicted molar refractivity (Wildman–Crippen MR) is 142 cm³/mol. The van der Waals surface area contributed by atoms with E-state index in [-0.39, 0.29) is 29.2 Å². The summed E-state index contributed by atoms with van der Waals surface area (Å²) < 4.78 is 14.8. The van der Waals surface area contributed by atoms with Crippen molar-refractivity contribution in [2.75, 3.05) is 39.7 Å². The molecule has 0 bridgehead atoms. The number of amides is 2. The molecule has 2 amide bonds. The summed E-state index contributed by atoms with van der Waals surface area (Å²) in [6.45, 7) is 4.37. The highest BCUT2D eigenvalue weighted by molar-refractivity contribution is 6.00. The van der Waals surface area contributed by atoms with Gasteiger partial charge in [0.2, 0.25) is 5.91 Å². The third-order valence-electron chi connectivity index (χ3n) is 7.07. The van der Waals surface area contributed by atoms with Crippen LogP contribution in [0.3, 0.4) is 0 Å². The molecular weight excluding hydrogens is 486 g/mol. The minimum atomic E-state index is -0.647. The van der Waals surface area contributed by atoms with Gasteiger partial charge in [0.25, 0.3) is 5.91 Å². The van der Waals surface area contributed by atoms with Gasteiger partial charge in [0, 0.05) is 32.3 Å². The topological polar surface area (TPSA) is 130 Å². The monoisotopic (exact) mass is 517 g/mol. The van der Waals surface area contributed by atoms with Crippen LogP contribution in [0.2, 0.25) is 0 Å². The van der Waals surface area contributed by atoms with Crippen molar-refractivity contribution in [3.63, 3.8) is 0 Å². The number of benzene rings is 1. The molecule has 2 atom stereocenters. The van der Waals surface area contributed by atoms with Gasteiger partial charge in [0.05, 0.1) is 37.6 Å². The number of methoxy groups -OCH3 is 2. The number of imidazole rings is 1. The number of carbonyl (C=O) groups is 2. The van der Waals surface area contributed by atoms with E-state index in [0.29, 0.717) is 42.7 Å². The number of nitrogens with one attached hydrogen (secondary N) is 1. The summed E-state index contributed by atoms with van der Waals surface area (Å²) in [7, 11) is 4.92. The fourth-order valence-electron chi connectivity index (χ4n) is 5.19. The molecule has 38 heavy (non-hydrogen) atoms. The van der Waals surface area contributed by atoms with E-state index in [4.69, 9.17) is 15.2 Å². The molecule has 2 aromatic heterocycles. The van der Waals surface area contributed by atoms with Crippen LogP contribution in [0, 0.1) is 11.8 Å². The van der Waals surface area contributed by atoms with E-state index in [1.807, 2.05) is 18.5 Å². The van der Waals surface area contributed by atoms with Crippen LogP contribution in [0.5, 0.6) is 5.75 Å². The Morgan fingerprint density at radius 2 is 2.05 bits per heavy atom. The Bertz CT molecular complexity index is 1470. The fraction of sp³-hybridized carbons (Fsp3) is 0.407.